The van der Waals surface area contributed by atoms with Gasteiger partial charge in [-0.1, -0.05) is 48.5 Å². The Kier molecular flexibility index (Phi) is 3.84. The Bertz CT molecular complexity index is 589. The molecular weight excluding hydrogens is 236 g/mol. The summed E-state index contributed by atoms with van der Waals surface area (Å²) in [5.41, 5.74) is 6.77. The van der Waals surface area contributed by atoms with Gasteiger partial charge in [0, 0.05) is 0 Å². The molecule has 2 aromatic carbocycles. The Morgan fingerprint density at radius 1 is 1.11 bits per heavy atom. The first-order valence-corrected chi connectivity index (χ1v) is 6.10. The lowest BCUT2D eigenvalue weighted by Crippen LogP contribution is -2.41. The molecule has 96 valence electrons. The number of hydrogen-bond acceptors (Lipinski definition) is 3. The summed E-state index contributed by atoms with van der Waals surface area (Å²) in [6, 6.07) is 19.1. The topological polar surface area (TPSA) is 59.0 Å². The monoisotopic (exact) mass is 252 g/mol. The number of aryl methyl sites for hydroxylation is 1. The van der Waals surface area contributed by atoms with Crippen LogP contribution in [0.15, 0.2) is 54.6 Å². The quantitative estimate of drug-likeness (QED) is 0.910. The molecule has 0 bridgehead atoms. The number of para-hydroxylation sites is 1. The molecule has 0 spiro atoms. The molecule has 0 aliphatic rings. The van der Waals surface area contributed by atoms with Crippen LogP contribution in [0.5, 0.6) is 5.75 Å². The minimum absolute atomic E-state index is 0.123. The molecule has 1 atom stereocenters. The van der Waals surface area contributed by atoms with E-state index in [0.29, 0.717) is 0 Å². The Morgan fingerprint density at radius 2 is 1.74 bits per heavy atom. The van der Waals surface area contributed by atoms with E-state index in [0.717, 1.165) is 16.9 Å². The highest BCUT2D eigenvalue weighted by Crippen LogP contribution is 2.22. The number of benzene rings is 2. The van der Waals surface area contributed by atoms with E-state index in [1.165, 1.54) is 0 Å². The zero-order valence-electron chi connectivity index (χ0n) is 10.8. The van der Waals surface area contributed by atoms with Gasteiger partial charge >= 0.3 is 0 Å². The molecule has 2 rings (SSSR count). The third-order valence-electron chi connectivity index (χ3n) is 3.04. The smallest absolute Gasteiger partial charge is 0.164 e. The first-order valence-electron chi connectivity index (χ1n) is 6.10. The van der Waals surface area contributed by atoms with Crippen LogP contribution in [0.25, 0.3) is 0 Å². The van der Waals surface area contributed by atoms with Crippen LogP contribution < -0.4 is 10.5 Å². The van der Waals surface area contributed by atoms with Gasteiger partial charge in [-0.25, -0.2) is 0 Å². The fraction of sp³-hybridized carbons (Fsp3) is 0.188. The van der Waals surface area contributed by atoms with Crippen LogP contribution in [0.3, 0.4) is 0 Å². The zero-order valence-corrected chi connectivity index (χ0v) is 10.8. The number of ether oxygens (including phenoxy) is 1. The zero-order chi connectivity index (χ0) is 13.7. The number of hydrogen-bond donors (Lipinski definition) is 1. The molecule has 2 N–H and O–H groups in total. The highest BCUT2D eigenvalue weighted by molar-refractivity contribution is 5.34. The van der Waals surface area contributed by atoms with Crippen LogP contribution >= 0.6 is 0 Å². The first kappa shape index (κ1) is 13.1. The highest BCUT2D eigenvalue weighted by atomic mass is 16.5. The van der Waals surface area contributed by atoms with Crippen molar-refractivity contribution in [3.8, 4) is 11.8 Å². The molecule has 3 nitrogen and oxygen atoms in total. The lowest BCUT2D eigenvalue weighted by molar-refractivity contribution is 0.254. The van der Waals surface area contributed by atoms with Crippen LogP contribution in [-0.2, 0) is 5.54 Å². The lowest BCUT2D eigenvalue weighted by Gasteiger charge is -2.22. The standard InChI is InChI=1S/C16H16N2O/c1-13-7-5-6-10-15(13)19-12-16(18,11-17)14-8-3-2-4-9-14/h2-10H,12,18H2,1H3. The maximum Gasteiger partial charge on any atom is 0.164 e. The van der Waals surface area contributed by atoms with Crippen molar-refractivity contribution in [1.29, 1.82) is 5.26 Å². The van der Waals surface area contributed by atoms with Gasteiger partial charge < -0.3 is 10.5 Å². The van der Waals surface area contributed by atoms with Crippen molar-refractivity contribution in [3.63, 3.8) is 0 Å². The summed E-state index contributed by atoms with van der Waals surface area (Å²) in [4.78, 5) is 0. The molecular formula is C16H16N2O. The molecule has 0 fully saturated rings. The second-order valence-corrected chi connectivity index (χ2v) is 4.50. The van der Waals surface area contributed by atoms with E-state index in [4.69, 9.17) is 10.5 Å². The summed E-state index contributed by atoms with van der Waals surface area (Å²) in [6.07, 6.45) is 0. The summed E-state index contributed by atoms with van der Waals surface area (Å²) in [7, 11) is 0. The minimum atomic E-state index is -1.14. The van der Waals surface area contributed by atoms with Crippen LogP contribution in [0.2, 0.25) is 0 Å². The largest absolute Gasteiger partial charge is 0.490 e. The molecule has 0 saturated carbocycles. The van der Waals surface area contributed by atoms with Crippen molar-refractivity contribution in [2.45, 2.75) is 12.5 Å². The average molecular weight is 252 g/mol. The summed E-state index contributed by atoms with van der Waals surface area (Å²) in [5.74, 6) is 0.753. The summed E-state index contributed by atoms with van der Waals surface area (Å²) >= 11 is 0. The summed E-state index contributed by atoms with van der Waals surface area (Å²) < 4.78 is 5.70. The SMILES string of the molecule is Cc1ccccc1OCC(N)(C#N)c1ccccc1. The summed E-state index contributed by atoms with van der Waals surface area (Å²) in [5, 5.41) is 9.33. The molecule has 0 amide bonds. The van der Waals surface area contributed by atoms with Crippen molar-refractivity contribution >= 4 is 0 Å². The van der Waals surface area contributed by atoms with Gasteiger partial charge in [0.2, 0.25) is 0 Å². The minimum Gasteiger partial charge on any atom is -0.490 e. The van der Waals surface area contributed by atoms with Crippen LogP contribution in [-0.4, -0.2) is 6.61 Å². The predicted molar refractivity (Wildman–Crippen MR) is 74.6 cm³/mol. The maximum absolute atomic E-state index is 9.33. The molecule has 0 aliphatic carbocycles. The van der Waals surface area contributed by atoms with Crippen LogP contribution in [0, 0.1) is 18.3 Å². The normalized spacial score (nSPS) is 13.3. The Labute approximate surface area is 113 Å². The third kappa shape index (κ3) is 2.93. The van der Waals surface area contributed by atoms with E-state index in [1.807, 2.05) is 61.5 Å². The molecule has 1 unspecified atom stereocenters. The number of nitriles is 1. The molecule has 0 radical (unpaired) electrons. The Hall–Kier alpha value is -2.31. The van der Waals surface area contributed by atoms with Crippen molar-refractivity contribution < 1.29 is 4.74 Å². The highest BCUT2D eigenvalue weighted by Gasteiger charge is 2.28. The maximum atomic E-state index is 9.33. The molecule has 2 aromatic rings. The van der Waals surface area contributed by atoms with E-state index >= 15 is 0 Å². The van der Waals surface area contributed by atoms with Gasteiger partial charge in [-0.3, -0.25) is 0 Å². The van der Waals surface area contributed by atoms with Gasteiger partial charge in [-0.05, 0) is 24.1 Å². The van der Waals surface area contributed by atoms with Gasteiger partial charge in [-0.15, -0.1) is 0 Å². The molecule has 0 heterocycles. The second kappa shape index (κ2) is 5.55. The van der Waals surface area contributed by atoms with Gasteiger partial charge in [0.15, 0.2) is 5.54 Å². The predicted octanol–water partition coefficient (Wildman–Crippen LogP) is 2.75. The van der Waals surface area contributed by atoms with Crippen molar-refractivity contribution in [2.75, 3.05) is 6.61 Å². The van der Waals surface area contributed by atoms with E-state index < -0.39 is 5.54 Å². The fourth-order valence-electron chi connectivity index (χ4n) is 1.83. The molecule has 0 aliphatic heterocycles. The fourth-order valence-corrected chi connectivity index (χ4v) is 1.83. The average Bonchev–Trinajstić information content (AvgIpc) is 2.47. The van der Waals surface area contributed by atoms with Gasteiger partial charge in [0.05, 0.1) is 6.07 Å². The molecule has 0 aromatic heterocycles. The lowest BCUT2D eigenvalue weighted by atomic mass is 9.94. The molecule has 3 heteroatoms. The van der Waals surface area contributed by atoms with Crippen molar-refractivity contribution in [1.82, 2.24) is 0 Å². The Morgan fingerprint density at radius 3 is 2.37 bits per heavy atom. The number of nitrogens with two attached hydrogens (primary N) is 1. The van der Waals surface area contributed by atoms with E-state index in [1.54, 1.807) is 0 Å². The van der Waals surface area contributed by atoms with Gasteiger partial charge in [-0.2, -0.15) is 5.26 Å². The molecule has 19 heavy (non-hydrogen) atoms. The first-order chi connectivity index (χ1) is 9.15. The van der Waals surface area contributed by atoms with Crippen molar-refractivity contribution in [3.05, 3.63) is 65.7 Å². The van der Waals surface area contributed by atoms with Crippen LogP contribution in [0.4, 0.5) is 0 Å². The van der Waals surface area contributed by atoms with E-state index in [2.05, 4.69) is 6.07 Å². The number of rotatable bonds is 4. The second-order valence-electron chi connectivity index (χ2n) is 4.50. The molecule has 0 saturated heterocycles. The van der Waals surface area contributed by atoms with E-state index in [9.17, 15) is 5.26 Å². The van der Waals surface area contributed by atoms with Crippen molar-refractivity contribution in [2.24, 2.45) is 5.73 Å². The van der Waals surface area contributed by atoms with Gasteiger partial charge in [0.1, 0.15) is 12.4 Å². The van der Waals surface area contributed by atoms with Crippen LogP contribution in [0.1, 0.15) is 11.1 Å². The summed E-state index contributed by atoms with van der Waals surface area (Å²) in [6.45, 7) is 2.08. The number of nitrogens with zero attached hydrogens (tertiary/aromatic N) is 1. The third-order valence-corrected chi connectivity index (χ3v) is 3.04. The Balaban J connectivity index is 2.17. The van der Waals surface area contributed by atoms with Gasteiger partial charge in [0.25, 0.3) is 0 Å². The van der Waals surface area contributed by atoms with E-state index in [-0.39, 0.29) is 6.61 Å².